The van der Waals surface area contributed by atoms with Gasteiger partial charge < -0.3 is 4.74 Å². The van der Waals surface area contributed by atoms with Gasteiger partial charge in [-0.15, -0.1) is 0 Å². The predicted octanol–water partition coefficient (Wildman–Crippen LogP) is 4.68. The van der Waals surface area contributed by atoms with Crippen molar-refractivity contribution < 1.29 is 17.9 Å². The van der Waals surface area contributed by atoms with Crippen molar-refractivity contribution in [3.63, 3.8) is 0 Å². The van der Waals surface area contributed by atoms with E-state index < -0.39 is 35.3 Å². The Balaban J connectivity index is 2.18. The maximum Gasteiger partial charge on any atom is 0.410 e. The van der Waals surface area contributed by atoms with Crippen LogP contribution in [0.5, 0.6) is 0 Å². The summed E-state index contributed by atoms with van der Waals surface area (Å²) in [5, 5.41) is 1.62. The largest absolute Gasteiger partial charge is 0.444 e. The van der Waals surface area contributed by atoms with Gasteiger partial charge >= 0.3 is 6.09 Å². The molecule has 1 aliphatic rings. The smallest absolute Gasteiger partial charge is 0.410 e. The fourth-order valence-corrected chi connectivity index (χ4v) is 13.0. The van der Waals surface area contributed by atoms with Crippen molar-refractivity contribution in [1.82, 2.24) is 8.87 Å². The Hall–Kier alpha value is -2.58. The van der Waals surface area contributed by atoms with Gasteiger partial charge in [0.2, 0.25) is 19.1 Å². The Morgan fingerprint density at radius 2 is 1.47 bits per heavy atom. The Morgan fingerprint density at radius 1 is 0.972 bits per heavy atom. The summed E-state index contributed by atoms with van der Waals surface area (Å²) in [4.78, 5) is 14.7. The van der Waals surface area contributed by atoms with E-state index in [0.29, 0.717) is 6.54 Å². The SMILES string of the molecule is CC(C)(C)OC(=O)N1CCC[C@]1(C)/C=C/N([SH](=O)=O)[Si](c1ccccc1)(c1ccccc1)C(C)(C)C. The second-order valence-corrected chi connectivity index (χ2v) is 17.5. The molecule has 0 spiro atoms. The molecule has 1 heterocycles. The normalized spacial score (nSPS) is 19.2. The number of rotatable bonds is 6. The molecular weight excluding hydrogens is 488 g/mol. The van der Waals surface area contributed by atoms with Crippen molar-refractivity contribution in [1.29, 1.82) is 0 Å². The number of likely N-dealkylation sites (tertiary alicyclic amines) is 1. The summed E-state index contributed by atoms with van der Waals surface area (Å²) in [7, 11) is -6.10. The van der Waals surface area contributed by atoms with Crippen LogP contribution in [0, 0.1) is 0 Å². The summed E-state index contributed by atoms with van der Waals surface area (Å²) >= 11 is 0. The molecule has 2 aromatic carbocycles. The van der Waals surface area contributed by atoms with Crippen molar-refractivity contribution in [3.8, 4) is 0 Å². The van der Waals surface area contributed by atoms with E-state index in [1.54, 1.807) is 15.1 Å². The number of carbonyl (C=O) groups is 1. The molecule has 0 saturated carbocycles. The Morgan fingerprint density at radius 3 is 1.89 bits per heavy atom. The van der Waals surface area contributed by atoms with E-state index >= 15 is 0 Å². The van der Waals surface area contributed by atoms with Gasteiger partial charge in [-0.3, -0.25) is 8.87 Å². The van der Waals surface area contributed by atoms with Gasteiger partial charge in [-0.25, -0.2) is 13.2 Å². The lowest BCUT2D eigenvalue weighted by Crippen LogP contribution is -2.73. The molecule has 1 fully saturated rings. The first-order chi connectivity index (χ1) is 16.7. The van der Waals surface area contributed by atoms with Crippen LogP contribution in [0.1, 0.15) is 61.3 Å². The molecule has 8 heteroatoms. The number of nitrogens with zero attached hydrogens (tertiary/aromatic N) is 2. The number of hydrogen-bond acceptors (Lipinski definition) is 4. The minimum Gasteiger partial charge on any atom is -0.444 e. The number of carbonyl (C=O) groups excluding carboxylic acids is 1. The summed E-state index contributed by atoms with van der Waals surface area (Å²) in [6.45, 7) is 14.4. The van der Waals surface area contributed by atoms with Gasteiger partial charge in [-0.1, -0.05) is 81.4 Å². The average Bonchev–Trinajstić information content (AvgIpc) is 3.17. The zero-order valence-corrected chi connectivity index (χ0v) is 24.4. The summed E-state index contributed by atoms with van der Waals surface area (Å²) in [6.07, 6.45) is 4.77. The fraction of sp³-hybridized carbons (Fsp3) is 0.464. The summed E-state index contributed by atoms with van der Waals surface area (Å²) in [5.41, 5.74) is -1.26. The number of hydrogen-bond donors (Lipinski definition) is 1. The van der Waals surface area contributed by atoms with Crippen LogP contribution in [0.15, 0.2) is 72.9 Å². The molecule has 0 aromatic heterocycles. The topological polar surface area (TPSA) is 66.9 Å². The third-order valence-corrected chi connectivity index (χ3v) is 14.1. The minimum absolute atomic E-state index is 0.379. The summed E-state index contributed by atoms with van der Waals surface area (Å²) in [5.74, 6) is 0. The molecule has 1 amide bonds. The number of amides is 1. The molecule has 0 aliphatic carbocycles. The van der Waals surface area contributed by atoms with Crippen LogP contribution in [0.25, 0.3) is 0 Å². The zero-order valence-electron chi connectivity index (χ0n) is 22.5. The van der Waals surface area contributed by atoms with E-state index in [9.17, 15) is 13.2 Å². The van der Waals surface area contributed by atoms with E-state index in [-0.39, 0.29) is 6.09 Å². The quantitative estimate of drug-likeness (QED) is 0.437. The highest BCUT2D eigenvalue weighted by Crippen LogP contribution is 2.39. The van der Waals surface area contributed by atoms with Crippen LogP contribution in [0.2, 0.25) is 5.04 Å². The van der Waals surface area contributed by atoms with E-state index in [1.165, 1.54) is 0 Å². The van der Waals surface area contributed by atoms with Crippen LogP contribution in [-0.4, -0.2) is 49.3 Å². The standard InChI is InChI=1S/C28H40N2O4SSi/c1-26(2,3)34-25(31)29-21-14-19-28(29,7)20-22-30(35(32)33)36(27(4,5)6,23-15-10-8-11-16-23)24-17-12-9-13-18-24/h8-13,15-18,20,22,35H,14,19,21H2,1-7H3/b22-20+/t28-/m1/s1. The highest BCUT2D eigenvalue weighted by molar-refractivity contribution is 7.72. The van der Waals surface area contributed by atoms with Crippen molar-refractivity contribution in [2.45, 2.75) is 77.5 Å². The molecule has 196 valence electrons. The highest BCUT2D eigenvalue weighted by atomic mass is 32.2. The average molecular weight is 529 g/mol. The van der Waals surface area contributed by atoms with Gasteiger partial charge in [0, 0.05) is 12.7 Å². The second kappa shape index (κ2) is 10.4. The van der Waals surface area contributed by atoms with Crippen LogP contribution >= 0.6 is 0 Å². The summed E-state index contributed by atoms with van der Waals surface area (Å²) in [6, 6.07) is 19.9. The first-order valence-corrected chi connectivity index (χ1v) is 15.5. The molecule has 3 rings (SSSR count). The Kier molecular flexibility index (Phi) is 8.10. The van der Waals surface area contributed by atoms with E-state index in [2.05, 4.69) is 20.8 Å². The second-order valence-electron chi connectivity index (χ2n) is 11.7. The number of ether oxygens (including phenoxy) is 1. The molecule has 0 radical (unpaired) electrons. The van der Waals surface area contributed by atoms with Crippen LogP contribution < -0.4 is 10.4 Å². The molecule has 0 N–H and O–H groups in total. The van der Waals surface area contributed by atoms with Crippen LogP contribution in [-0.2, 0) is 15.6 Å². The molecular formula is C28H40N2O4SSi. The molecule has 1 saturated heterocycles. The molecule has 0 bridgehead atoms. The van der Waals surface area contributed by atoms with Crippen molar-refractivity contribution >= 4 is 35.6 Å². The summed E-state index contributed by atoms with van der Waals surface area (Å²) < 4.78 is 33.4. The molecule has 6 nitrogen and oxygen atoms in total. The van der Waals surface area contributed by atoms with E-state index in [4.69, 9.17) is 4.74 Å². The highest BCUT2D eigenvalue weighted by Gasteiger charge is 2.54. The molecule has 2 aromatic rings. The lowest BCUT2D eigenvalue weighted by Gasteiger charge is -2.48. The van der Waals surface area contributed by atoms with Crippen LogP contribution in [0.3, 0.4) is 0 Å². The van der Waals surface area contributed by atoms with Crippen molar-refractivity contribution in [2.24, 2.45) is 0 Å². The van der Waals surface area contributed by atoms with E-state index in [0.717, 1.165) is 23.2 Å². The van der Waals surface area contributed by atoms with Gasteiger partial charge in [0.15, 0.2) is 0 Å². The third kappa shape index (κ3) is 5.54. The molecule has 1 aliphatic heterocycles. The lowest BCUT2D eigenvalue weighted by atomic mass is 9.99. The Labute approximate surface area is 219 Å². The third-order valence-electron chi connectivity index (χ3n) is 6.86. The Bertz CT molecular complexity index is 1110. The van der Waals surface area contributed by atoms with Gasteiger partial charge in [-0.2, -0.15) is 0 Å². The predicted molar refractivity (Wildman–Crippen MR) is 149 cm³/mol. The maximum atomic E-state index is 13.1. The molecule has 1 atom stereocenters. The minimum atomic E-state index is -3.12. The fourth-order valence-electron chi connectivity index (χ4n) is 5.30. The first kappa shape index (κ1) is 28.0. The van der Waals surface area contributed by atoms with Gasteiger partial charge in [-0.05, 0) is 62.0 Å². The van der Waals surface area contributed by atoms with E-state index in [1.807, 2.05) is 94.4 Å². The van der Waals surface area contributed by atoms with Crippen molar-refractivity contribution in [3.05, 3.63) is 72.9 Å². The van der Waals surface area contributed by atoms with Crippen LogP contribution in [0.4, 0.5) is 4.79 Å². The number of benzene rings is 2. The van der Waals surface area contributed by atoms with Crippen molar-refractivity contribution in [2.75, 3.05) is 6.54 Å². The first-order valence-electron chi connectivity index (χ1n) is 12.5. The molecule has 0 unspecified atom stereocenters. The monoisotopic (exact) mass is 528 g/mol. The van der Waals surface area contributed by atoms with Gasteiger partial charge in [0.05, 0.1) is 5.54 Å². The lowest BCUT2D eigenvalue weighted by molar-refractivity contribution is 0.0168. The molecule has 36 heavy (non-hydrogen) atoms. The van der Waals surface area contributed by atoms with Gasteiger partial charge in [0.25, 0.3) is 0 Å². The van der Waals surface area contributed by atoms with Gasteiger partial charge in [0.1, 0.15) is 5.60 Å². The number of thiol groups is 1. The zero-order chi connectivity index (χ0) is 26.8. The maximum absolute atomic E-state index is 13.1.